The molecule has 6 heteroatoms. The van der Waals surface area contributed by atoms with Crippen LogP contribution in [0.15, 0.2) is 29.8 Å². The first-order valence-electron chi connectivity index (χ1n) is 7.87. The summed E-state index contributed by atoms with van der Waals surface area (Å²) in [4.78, 5) is 14.2. The van der Waals surface area contributed by atoms with Gasteiger partial charge in [-0.15, -0.1) is 0 Å². The van der Waals surface area contributed by atoms with E-state index in [1.54, 1.807) is 11.0 Å². The van der Waals surface area contributed by atoms with E-state index in [1.165, 1.54) is 17.7 Å². The number of carbonyl (C=O) groups excluding carboxylic acids is 1. The highest BCUT2D eigenvalue weighted by Crippen LogP contribution is 2.25. The number of likely N-dealkylation sites (tertiary alicyclic amines) is 1. The van der Waals surface area contributed by atoms with E-state index < -0.39 is 9.84 Å². The normalized spacial score (nSPS) is 23.8. The lowest BCUT2D eigenvalue weighted by Crippen LogP contribution is -2.40. The number of amides is 1. The van der Waals surface area contributed by atoms with Crippen molar-refractivity contribution in [3.63, 3.8) is 0 Å². The van der Waals surface area contributed by atoms with Crippen molar-refractivity contribution >= 4 is 21.8 Å². The van der Waals surface area contributed by atoms with E-state index in [9.17, 15) is 17.6 Å². The van der Waals surface area contributed by atoms with E-state index in [0.29, 0.717) is 19.5 Å². The fourth-order valence-corrected chi connectivity index (χ4v) is 4.97. The second-order valence-electron chi connectivity index (χ2n) is 6.28. The molecule has 3 rings (SSSR count). The van der Waals surface area contributed by atoms with Gasteiger partial charge in [-0.3, -0.25) is 4.79 Å². The summed E-state index contributed by atoms with van der Waals surface area (Å²) in [5.41, 5.74) is 2.03. The third-order valence-corrected chi connectivity index (χ3v) is 6.29. The lowest BCUT2D eigenvalue weighted by molar-refractivity contribution is -0.135. The van der Waals surface area contributed by atoms with Gasteiger partial charge in [-0.05, 0) is 37.0 Å². The number of piperidine rings is 1. The molecule has 1 atom stereocenters. The molecule has 1 amide bonds. The Balaban J connectivity index is 1.59. The number of benzene rings is 1. The van der Waals surface area contributed by atoms with Crippen molar-refractivity contribution in [1.82, 2.24) is 4.90 Å². The van der Waals surface area contributed by atoms with Crippen LogP contribution in [0.4, 0.5) is 4.39 Å². The first kappa shape index (κ1) is 16.2. The molecule has 0 aliphatic carbocycles. The van der Waals surface area contributed by atoms with Crippen molar-refractivity contribution in [2.75, 3.05) is 24.6 Å². The van der Waals surface area contributed by atoms with Crippen molar-refractivity contribution in [1.29, 1.82) is 0 Å². The molecule has 2 aliphatic rings. The third-order valence-electron chi connectivity index (χ3n) is 4.52. The molecule has 0 radical (unpaired) electrons. The average Bonchev–Trinajstić information content (AvgIpc) is 2.87. The monoisotopic (exact) mass is 337 g/mol. The molecule has 4 nitrogen and oxygen atoms in total. The maximum atomic E-state index is 13.2. The molecule has 0 N–H and O–H groups in total. The summed E-state index contributed by atoms with van der Waals surface area (Å²) in [7, 11) is -3.03. The number of rotatable bonds is 2. The maximum Gasteiger partial charge on any atom is 0.226 e. The molecule has 2 heterocycles. The van der Waals surface area contributed by atoms with Crippen LogP contribution in [0.25, 0.3) is 6.08 Å². The Bertz CT molecular complexity index is 732. The van der Waals surface area contributed by atoms with Crippen LogP contribution in [0.3, 0.4) is 0 Å². The van der Waals surface area contributed by atoms with Gasteiger partial charge in [0.2, 0.25) is 5.91 Å². The molecule has 0 aromatic heterocycles. The average molecular weight is 337 g/mol. The van der Waals surface area contributed by atoms with E-state index in [-0.39, 0.29) is 29.1 Å². The SMILES string of the molecule is O=C([C@H]1CCS(=O)(=O)C1)N1CCC(=Cc2cccc(F)c2)CC1. The standard InChI is InChI=1S/C17H20FNO3S/c18-16-3-1-2-14(11-16)10-13-4-7-19(8-5-13)17(20)15-6-9-23(21,22)12-15/h1-3,10-11,15H,4-9,12H2/t15-/m0/s1. The Morgan fingerprint density at radius 3 is 2.61 bits per heavy atom. The highest BCUT2D eigenvalue weighted by molar-refractivity contribution is 7.91. The third kappa shape index (κ3) is 3.99. The molecule has 1 aromatic rings. The molecule has 1 aromatic carbocycles. The molecule has 0 unspecified atom stereocenters. The van der Waals surface area contributed by atoms with Gasteiger partial charge in [0, 0.05) is 13.1 Å². The van der Waals surface area contributed by atoms with Gasteiger partial charge < -0.3 is 4.90 Å². The largest absolute Gasteiger partial charge is 0.342 e. The van der Waals surface area contributed by atoms with Crippen LogP contribution in [-0.2, 0) is 14.6 Å². The Kier molecular flexibility index (Phi) is 4.53. The molecular formula is C17H20FNO3S. The van der Waals surface area contributed by atoms with E-state index >= 15 is 0 Å². The Morgan fingerprint density at radius 1 is 1.26 bits per heavy atom. The zero-order valence-corrected chi connectivity index (χ0v) is 13.7. The van der Waals surface area contributed by atoms with Crippen LogP contribution in [0, 0.1) is 11.7 Å². The van der Waals surface area contributed by atoms with Gasteiger partial charge in [-0.2, -0.15) is 0 Å². The second-order valence-corrected chi connectivity index (χ2v) is 8.51. The molecule has 0 bridgehead atoms. The van der Waals surface area contributed by atoms with Crippen LogP contribution in [0.1, 0.15) is 24.8 Å². The molecule has 2 saturated heterocycles. The minimum Gasteiger partial charge on any atom is -0.342 e. The van der Waals surface area contributed by atoms with Crippen LogP contribution in [0.2, 0.25) is 0 Å². The summed E-state index contributed by atoms with van der Waals surface area (Å²) < 4.78 is 36.2. The van der Waals surface area contributed by atoms with Gasteiger partial charge in [0.15, 0.2) is 9.84 Å². The van der Waals surface area contributed by atoms with Gasteiger partial charge in [-0.25, -0.2) is 12.8 Å². The summed E-state index contributed by atoms with van der Waals surface area (Å²) in [5.74, 6) is -0.532. The van der Waals surface area contributed by atoms with Gasteiger partial charge in [0.1, 0.15) is 5.82 Å². The number of nitrogens with zero attached hydrogens (tertiary/aromatic N) is 1. The maximum absolute atomic E-state index is 13.2. The summed E-state index contributed by atoms with van der Waals surface area (Å²) >= 11 is 0. The Hall–Kier alpha value is -1.69. The highest BCUT2D eigenvalue weighted by atomic mass is 32.2. The van der Waals surface area contributed by atoms with Crippen molar-refractivity contribution in [3.05, 3.63) is 41.2 Å². The van der Waals surface area contributed by atoms with Crippen molar-refractivity contribution in [2.45, 2.75) is 19.3 Å². The number of hydrogen-bond acceptors (Lipinski definition) is 3. The van der Waals surface area contributed by atoms with Gasteiger partial charge in [-0.1, -0.05) is 23.8 Å². The first-order valence-corrected chi connectivity index (χ1v) is 9.69. The number of carbonyl (C=O) groups is 1. The van der Waals surface area contributed by atoms with Crippen LogP contribution in [0.5, 0.6) is 0 Å². The van der Waals surface area contributed by atoms with Crippen LogP contribution >= 0.6 is 0 Å². The molecule has 2 fully saturated rings. The summed E-state index contributed by atoms with van der Waals surface area (Å²) in [6.45, 7) is 1.22. The van der Waals surface area contributed by atoms with Crippen molar-refractivity contribution in [3.8, 4) is 0 Å². The zero-order valence-electron chi connectivity index (χ0n) is 12.9. The fraction of sp³-hybridized carbons (Fsp3) is 0.471. The first-order chi connectivity index (χ1) is 10.9. The zero-order chi connectivity index (χ0) is 16.4. The fourth-order valence-electron chi connectivity index (χ4n) is 3.24. The van der Waals surface area contributed by atoms with E-state index in [0.717, 1.165) is 18.4 Å². The van der Waals surface area contributed by atoms with E-state index in [2.05, 4.69) is 0 Å². The van der Waals surface area contributed by atoms with Crippen LogP contribution < -0.4 is 0 Å². The summed E-state index contributed by atoms with van der Waals surface area (Å²) in [6, 6.07) is 6.45. The summed E-state index contributed by atoms with van der Waals surface area (Å²) in [5, 5.41) is 0. The van der Waals surface area contributed by atoms with E-state index in [4.69, 9.17) is 0 Å². The predicted molar refractivity (Wildman–Crippen MR) is 87.0 cm³/mol. The highest BCUT2D eigenvalue weighted by Gasteiger charge is 2.35. The second kappa shape index (κ2) is 6.43. The van der Waals surface area contributed by atoms with Crippen LogP contribution in [-0.4, -0.2) is 43.8 Å². The number of halogens is 1. The molecule has 124 valence electrons. The van der Waals surface area contributed by atoms with Gasteiger partial charge in [0.25, 0.3) is 0 Å². The van der Waals surface area contributed by atoms with Crippen molar-refractivity contribution < 1.29 is 17.6 Å². The van der Waals surface area contributed by atoms with Gasteiger partial charge in [0.05, 0.1) is 17.4 Å². The minimum atomic E-state index is -3.03. The number of hydrogen-bond donors (Lipinski definition) is 0. The van der Waals surface area contributed by atoms with Gasteiger partial charge >= 0.3 is 0 Å². The molecule has 2 aliphatic heterocycles. The Labute approximate surface area is 135 Å². The Morgan fingerprint density at radius 2 is 2.00 bits per heavy atom. The lowest BCUT2D eigenvalue weighted by Gasteiger charge is -2.30. The minimum absolute atomic E-state index is 0.00563. The number of sulfone groups is 1. The molecule has 0 saturated carbocycles. The smallest absolute Gasteiger partial charge is 0.226 e. The summed E-state index contributed by atoms with van der Waals surface area (Å²) in [6.07, 6.45) is 3.93. The lowest BCUT2D eigenvalue weighted by atomic mass is 9.99. The molecule has 23 heavy (non-hydrogen) atoms. The molecule has 0 spiro atoms. The van der Waals surface area contributed by atoms with E-state index in [1.807, 2.05) is 12.1 Å². The molecular weight excluding hydrogens is 317 g/mol. The van der Waals surface area contributed by atoms with Crippen molar-refractivity contribution in [2.24, 2.45) is 5.92 Å². The quantitative estimate of drug-likeness (QED) is 0.832. The predicted octanol–water partition coefficient (Wildman–Crippen LogP) is 2.27. The topological polar surface area (TPSA) is 54.5 Å².